The molecule has 10 aromatic rings. The first-order chi connectivity index (χ1) is 20.3. The van der Waals surface area contributed by atoms with Gasteiger partial charge in [0.15, 0.2) is 0 Å². The molecule has 0 atom stereocenters. The summed E-state index contributed by atoms with van der Waals surface area (Å²) in [5.74, 6) is 0. The normalized spacial score (nSPS) is 12.4. The van der Waals surface area contributed by atoms with Gasteiger partial charge in [0.05, 0.1) is 0 Å². The zero-order valence-corrected chi connectivity index (χ0v) is 23.4. The fourth-order valence-corrected chi connectivity index (χ4v) is 9.17. The molecule has 41 heavy (non-hydrogen) atoms. The molecular formula is C38H20OS2. The first-order valence-corrected chi connectivity index (χ1v) is 15.5. The van der Waals surface area contributed by atoms with Gasteiger partial charge in [-0.1, -0.05) is 72.8 Å². The van der Waals surface area contributed by atoms with Crippen LogP contribution in [-0.4, -0.2) is 0 Å². The number of thiophene rings is 2. The SMILES string of the molecule is c1ccc2c(c1)oc1ccc(-c3cc4cc5sc6ccccc6c5cc4c4c3ccc3c5ccccc5sc34)cc12. The fourth-order valence-electron chi connectivity index (χ4n) is 6.77. The molecule has 0 amide bonds. The molecule has 0 aliphatic rings. The quantitative estimate of drug-likeness (QED) is 0.183. The van der Waals surface area contributed by atoms with Crippen molar-refractivity contribution in [2.75, 3.05) is 0 Å². The zero-order valence-electron chi connectivity index (χ0n) is 21.8. The van der Waals surface area contributed by atoms with Gasteiger partial charge in [0.25, 0.3) is 0 Å². The maximum atomic E-state index is 6.17. The molecule has 0 saturated heterocycles. The molecule has 0 saturated carbocycles. The van der Waals surface area contributed by atoms with Gasteiger partial charge in [-0.2, -0.15) is 0 Å². The molecular weight excluding hydrogens is 537 g/mol. The van der Waals surface area contributed by atoms with Crippen LogP contribution in [0.4, 0.5) is 0 Å². The summed E-state index contributed by atoms with van der Waals surface area (Å²) in [6.07, 6.45) is 0. The van der Waals surface area contributed by atoms with Gasteiger partial charge in [-0.3, -0.25) is 0 Å². The van der Waals surface area contributed by atoms with E-state index in [1.165, 1.54) is 73.0 Å². The van der Waals surface area contributed by atoms with Crippen molar-refractivity contribution in [3.63, 3.8) is 0 Å². The number of para-hydroxylation sites is 1. The molecule has 0 radical (unpaired) electrons. The van der Waals surface area contributed by atoms with Gasteiger partial charge in [-0.25, -0.2) is 0 Å². The van der Waals surface area contributed by atoms with Gasteiger partial charge in [0, 0.05) is 56.5 Å². The van der Waals surface area contributed by atoms with Crippen molar-refractivity contribution in [2.24, 2.45) is 0 Å². The van der Waals surface area contributed by atoms with E-state index in [4.69, 9.17) is 4.42 Å². The second-order valence-electron chi connectivity index (χ2n) is 10.9. The Balaban J connectivity index is 1.39. The second kappa shape index (κ2) is 7.94. The number of rotatable bonds is 1. The topological polar surface area (TPSA) is 13.1 Å². The Morgan fingerprint density at radius 3 is 2.00 bits per heavy atom. The Labute approximate surface area is 242 Å². The Morgan fingerprint density at radius 2 is 1.12 bits per heavy atom. The highest BCUT2D eigenvalue weighted by atomic mass is 32.1. The molecule has 0 bridgehead atoms. The number of hydrogen-bond acceptors (Lipinski definition) is 3. The van der Waals surface area contributed by atoms with E-state index in [2.05, 4.69) is 115 Å². The van der Waals surface area contributed by atoms with E-state index in [0.29, 0.717) is 0 Å². The van der Waals surface area contributed by atoms with Crippen LogP contribution in [0.15, 0.2) is 126 Å². The predicted molar refractivity (Wildman–Crippen MR) is 180 cm³/mol. The van der Waals surface area contributed by atoms with E-state index < -0.39 is 0 Å². The van der Waals surface area contributed by atoms with Crippen molar-refractivity contribution in [3.05, 3.63) is 121 Å². The lowest BCUT2D eigenvalue weighted by Crippen LogP contribution is -1.86. The van der Waals surface area contributed by atoms with Crippen molar-refractivity contribution < 1.29 is 4.42 Å². The molecule has 0 aliphatic heterocycles. The monoisotopic (exact) mass is 556 g/mol. The summed E-state index contributed by atoms with van der Waals surface area (Å²) in [6, 6.07) is 44.5. The van der Waals surface area contributed by atoms with Crippen molar-refractivity contribution in [1.29, 1.82) is 0 Å². The van der Waals surface area contributed by atoms with Crippen molar-refractivity contribution in [2.45, 2.75) is 0 Å². The lowest BCUT2D eigenvalue weighted by atomic mass is 9.91. The van der Waals surface area contributed by atoms with Crippen molar-refractivity contribution >= 4 is 107 Å². The van der Waals surface area contributed by atoms with Crippen LogP contribution in [-0.2, 0) is 0 Å². The maximum absolute atomic E-state index is 6.17. The van der Waals surface area contributed by atoms with Crippen molar-refractivity contribution in [1.82, 2.24) is 0 Å². The molecule has 3 heterocycles. The van der Waals surface area contributed by atoms with Gasteiger partial charge >= 0.3 is 0 Å². The Hall–Kier alpha value is -4.70. The van der Waals surface area contributed by atoms with Crippen LogP contribution >= 0.6 is 22.7 Å². The molecule has 10 rings (SSSR count). The summed E-state index contributed by atoms with van der Waals surface area (Å²) in [5, 5.41) is 12.9. The summed E-state index contributed by atoms with van der Waals surface area (Å²) in [5.41, 5.74) is 4.34. The minimum Gasteiger partial charge on any atom is -0.456 e. The van der Waals surface area contributed by atoms with Crippen LogP contribution in [0.3, 0.4) is 0 Å². The lowest BCUT2D eigenvalue weighted by molar-refractivity contribution is 0.669. The number of hydrogen-bond donors (Lipinski definition) is 0. The summed E-state index contributed by atoms with van der Waals surface area (Å²) in [7, 11) is 0. The van der Waals surface area contributed by atoms with E-state index in [1.807, 2.05) is 28.7 Å². The Kier molecular flexibility index (Phi) is 4.27. The number of fused-ring (bicyclic) bond motifs is 13. The summed E-state index contributed by atoms with van der Waals surface area (Å²) >= 11 is 3.80. The van der Waals surface area contributed by atoms with E-state index in [-0.39, 0.29) is 0 Å². The molecule has 1 nitrogen and oxygen atoms in total. The third kappa shape index (κ3) is 3.00. The molecule has 0 unspecified atom stereocenters. The van der Waals surface area contributed by atoms with E-state index in [0.717, 1.165) is 21.9 Å². The highest BCUT2D eigenvalue weighted by Crippen LogP contribution is 2.47. The number of furan rings is 1. The molecule has 3 heteroatoms. The molecule has 3 aromatic heterocycles. The average Bonchev–Trinajstić information content (AvgIpc) is 3.70. The summed E-state index contributed by atoms with van der Waals surface area (Å²) in [4.78, 5) is 0. The molecule has 0 fully saturated rings. The van der Waals surface area contributed by atoms with Crippen molar-refractivity contribution in [3.8, 4) is 11.1 Å². The van der Waals surface area contributed by atoms with Gasteiger partial charge in [0.1, 0.15) is 11.2 Å². The number of benzene rings is 7. The van der Waals surface area contributed by atoms with E-state index >= 15 is 0 Å². The molecule has 190 valence electrons. The minimum absolute atomic E-state index is 0.930. The summed E-state index contributed by atoms with van der Waals surface area (Å²) < 4.78 is 11.5. The van der Waals surface area contributed by atoms with Gasteiger partial charge in [0.2, 0.25) is 0 Å². The lowest BCUT2D eigenvalue weighted by Gasteiger charge is -2.13. The van der Waals surface area contributed by atoms with E-state index in [9.17, 15) is 0 Å². The van der Waals surface area contributed by atoms with Gasteiger partial charge in [-0.05, 0) is 75.8 Å². The van der Waals surface area contributed by atoms with Crippen LogP contribution in [0.1, 0.15) is 0 Å². The average molecular weight is 557 g/mol. The smallest absolute Gasteiger partial charge is 0.135 e. The molecule has 0 aliphatic carbocycles. The largest absolute Gasteiger partial charge is 0.456 e. The van der Waals surface area contributed by atoms with Gasteiger partial charge < -0.3 is 4.42 Å². The fraction of sp³-hybridized carbons (Fsp3) is 0. The van der Waals surface area contributed by atoms with Crippen LogP contribution < -0.4 is 0 Å². The molecule has 0 N–H and O–H groups in total. The second-order valence-corrected chi connectivity index (χ2v) is 13.0. The minimum atomic E-state index is 0.930. The Bertz CT molecular complexity index is 2700. The first kappa shape index (κ1) is 22.0. The van der Waals surface area contributed by atoms with Crippen LogP contribution in [0.2, 0.25) is 0 Å². The third-order valence-electron chi connectivity index (χ3n) is 8.64. The van der Waals surface area contributed by atoms with Crippen LogP contribution in [0.25, 0.3) is 95.0 Å². The maximum Gasteiger partial charge on any atom is 0.135 e. The van der Waals surface area contributed by atoms with Gasteiger partial charge in [-0.15, -0.1) is 22.7 Å². The highest BCUT2D eigenvalue weighted by molar-refractivity contribution is 7.27. The molecule has 0 spiro atoms. The van der Waals surface area contributed by atoms with Crippen LogP contribution in [0, 0.1) is 0 Å². The standard InChI is InChI=1S/C38H20OS2/c1-4-10-32-23(7-1)30-17-21(13-16-33(30)39-32)28-18-22-19-36-31(25-9-3-5-11-34(25)40-36)20-29(22)37-26(28)14-15-27-24-8-2-6-12-35(24)41-38(27)37/h1-20H. The highest BCUT2D eigenvalue weighted by Gasteiger charge is 2.18. The first-order valence-electron chi connectivity index (χ1n) is 13.8. The summed E-state index contributed by atoms with van der Waals surface area (Å²) in [6.45, 7) is 0. The van der Waals surface area contributed by atoms with E-state index in [1.54, 1.807) is 0 Å². The molecule has 7 aromatic carbocycles. The Morgan fingerprint density at radius 1 is 0.415 bits per heavy atom. The third-order valence-corrected chi connectivity index (χ3v) is 11.0. The van der Waals surface area contributed by atoms with Crippen LogP contribution in [0.5, 0.6) is 0 Å². The predicted octanol–water partition coefficient (Wildman–Crippen LogP) is 12.3. The zero-order chi connectivity index (χ0) is 26.7.